The van der Waals surface area contributed by atoms with Crippen LogP contribution in [0.1, 0.15) is 23.2 Å². The fourth-order valence-corrected chi connectivity index (χ4v) is 2.26. The van der Waals surface area contributed by atoms with Gasteiger partial charge in [0.25, 0.3) is 5.91 Å². The molecule has 5 nitrogen and oxygen atoms in total. The second-order valence-corrected chi connectivity index (χ2v) is 4.93. The van der Waals surface area contributed by atoms with Crippen molar-refractivity contribution in [1.29, 1.82) is 0 Å². The summed E-state index contributed by atoms with van der Waals surface area (Å²) in [5, 5.41) is 5.98. The SMILES string of the molecule is COc1ccc(C(=O)NCCOC2CCNCC2)cc1F. The largest absolute Gasteiger partial charge is 0.494 e. The van der Waals surface area contributed by atoms with Gasteiger partial charge < -0.3 is 20.1 Å². The summed E-state index contributed by atoms with van der Waals surface area (Å²) in [5.74, 6) is -0.734. The molecule has 1 amide bonds. The topological polar surface area (TPSA) is 59.6 Å². The Hall–Kier alpha value is -1.66. The van der Waals surface area contributed by atoms with Crippen LogP contribution in [0, 0.1) is 5.82 Å². The highest BCUT2D eigenvalue weighted by molar-refractivity contribution is 5.94. The number of halogens is 1. The molecule has 0 saturated carbocycles. The number of ether oxygens (including phenoxy) is 2. The monoisotopic (exact) mass is 296 g/mol. The van der Waals surface area contributed by atoms with Gasteiger partial charge in [0.15, 0.2) is 11.6 Å². The lowest BCUT2D eigenvalue weighted by Gasteiger charge is -2.22. The standard InChI is InChI=1S/C15H21FN2O3/c1-20-14-3-2-11(10-13(14)16)15(19)18-8-9-21-12-4-6-17-7-5-12/h2-3,10,12,17H,4-9H2,1H3,(H,18,19). The minimum atomic E-state index is -0.545. The molecule has 1 saturated heterocycles. The molecule has 1 heterocycles. The first-order valence-electron chi connectivity index (χ1n) is 7.15. The minimum absolute atomic E-state index is 0.126. The Bertz CT molecular complexity index is 476. The molecule has 1 aromatic carbocycles. The number of nitrogens with one attached hydrogen (secondary N) is 2. The van der Waals surface area contributed by atoms with Gasteiger partial charge in [-0.1, -0.05) is 0 Å². The molecule has 1 aliphatic rings. The molecule has 0 unspecified atom stereocenters. The van der Waals surface area contributed by atoms with Crippen LogP contribution in [0.15, 0.2) is 18.2 Å². The van der Waals surface area contributed by atoms with E-state index >= 15 is 0 Å². The van der Waals surface area contributed by atoms with Gasteiger partial charge in [0.2, 0.25) is 0 Å². The maximum atomic E-state index is 13.5. The Morgan fingerprint density at radius 1 is 1.43 bits per heavy atom. The summed E-state index contributed by atoms with van der Waals surface area (Å²) in [7, 11) is 1.39. The number of carbonyl (C=O) groups excluding carboxylic acids is 1. The third-order valence-corrected chi connectivity index (χ3v) is 3.44. The van der Waals surface area contributed by atoms with Gasteiger partial charge >= 0.3 is 0 Å². The zero-order valence-electron chi connectivity index (χ0n) is 12.2. The van der Waals surface area contributed by atoms with E-state index in [0.29, 0.717) is 13.2 Å². The van der Waals surface area contributed by atoms with Gasteiger partial charge in [0.1, 0.15) is 0 Å². The summed E-state index contributed by atoms with van der Waals surface area (Å²) in [5.41, 5.74) is 0.273. The second kappa shape index (κ2) is 7.95. The van der Waals surface area contributed by atoms with E-state index in [9.17, 15) is 9.18 Å². The normalized spacial score (nSPS) is 15.7. The number of piperidine rings is 1. The van der Waals surface area contributed by atoms with Crippen molar-refractivity contribution in [3.05, 3.63) is 29.6 Å². The second-order valence-electron chi connectivity index (χ2n) is 4.93. The molecule has 1 aliphatic heterocycles. The van der Waals surface area contributed by atoms with E-state index in [0.717, 1.165) is 25.9 Å². The fraction of sp³-hybridized carbons (Fsp3) is 0.533. The highest BCUT2D eigenvalue weighted by Gasteiger charge is 2.13. The van der Waals surface area contributed by atoms with Crippen LogP contribution in [0.2, 0.25) is 0 Å². The molecule has 0 spiro atoms. The molecule has 0 aliphatic carbocycles. The molecule has 21 heavy (non-hydrogen) atoms. The average molecular weight is 296 g/mol. The van der Waals surface area contributed by atoms with Crippen LogP contribution in [-0.4, -0.2) is 45.4 Å². The van der Waals surface area contributed by atoms with Crippen LogP contribution in [0.5, 0.6) is 5.75 Å². The quantitative estimate of drug-likeness (QED) is 0.778. The van der Waals surface area contributed by atoms with Crippen molar-refractivity contribution in [2.24, 2.45) is 0 Å². The fourth-order valence-electron chi connectivity index (χ4n) is 2.26. The van der Waals surface area contributed by atoms with Gasteiger partial charge in [-0.05, 0) is 44.1 Å². The lowest BCUT2D eigenvalue weighted by Crippen LogP contribution is -2.34. The lowest BCUT2D eigenvalue weighted by atomic mass is 10.1. The lowest BCUT2D eigenvalue weighted by molar-refractivity contribution is 0.0343. The van der Waals surface area contributed by atoms with Crippen molar-refractivity contribution >= 4 is 5.91 Å². The molecule has 0 aromatic heterocycles. The van der Waals surface area contributed by atoms with Crippen LogP contribution in [-0.2, 0) is 4.74 Å². The number of hydrogen-bond donors (Lipinski definition) is 2. The van der Waals surface area contributed by atoms with Crippen molar-refractivity contribution in [2.75, 3.05) is 33.4 Å². The van der Waals surface area contributed by atoms with Crippen molar-refractivity contribution in [3.63, 3.8) is 0 Å². The van der Waals surface area contributed by atoms with Gasteiger partial charge in [-0.2, -0.15) is 0 Å². The van der Waals surface area contributed by atoms with E-state index in [1.165, 1.54) is 25.3 Å². The van der Waals surface area contributed by atoms with Crippen molar-refractivity contribution < 1.29 is 18.7 Å². The van der Waals surface area contributed by atoms with E-state index in [2.05, 4.69) is 10.6 Å². The molecule has 0 bridgehead atoms. The van der Waals surface area contributed by atoms with E-state index in [-0.39, 0.29) is 23.3 Å². The third-order valence-electron chi connectivity index (χ3n) is 3.44. The van der Waals surface area contributed by atoms with Crippen molar-refractivity contribution in [2.45, 2.75) is 18.9 Å². The predicted molar refractivity (Wildman–Crippen MR) is 77.1 cm³/mol. The van der Waals surface area contributed by atoms with Crippen LogP contribution in [0.4, 0.5) is 4.39 Å². The minimum Gasteiger partial charge on any atom is -0.494 e. The first kappa shape index (κ1) is 15.7. The number of methoxy groups -OCH3 is 1. The number of benzene rings is 1. The number of rotatable bonds is 6. The number of amides is 1. The highest BCUT2D eigenvalue weighted by atomic mass is 19.1. The maximum absolute atomic E-state index is 13.5. The van der Waals surface area contributed by atoms with E-state index in [1.54, 1.807) is 0 Å². The molecule has 2 rings (SSSR count). The summed E-state index contributed by atoms with van der Waals surface area (Å²) in [6.45, 7) is 2.83. The summed E-state index contributed by atoms with van der Waals surface area (Å²) < 4.78 is 24.0. The molecule has 0 atom stereocenters. The Balaban J connectivity index is 1.72. The summed E-state index contributed by atoms with van der Waals surface area (Å²) in [6, 6.07) is 4.14. The van der Waals surface area contributed by atoms with Crippen LogP contribution < -0.4 is 15.4 Å². The highest BCUT2D eigenvalue weighted by Crippen LogP contribution is 2.17. The molecule has 1 fully saturated rings. The zero-order valence-corrected chi connectivity index (χ0v) is 12.2. The van der Waals surface area contributed by atoms with E-state index in [4.69, 9.17) is 9.47 Å². The van der Waals surface area contributed by atoms with Crippen LogP contribution in [0.25, 0.3) is 0 Å². The smallest absolute Gasteiger partial charge is 0.251 e. The molecular weight excluding hydrogens is 275 g/mol. The van der Waals surface area contributed by atoms with E-state index < -0.39 is 5.82 Å². The first-order chi connectivity index (χ1) is 10.2. The van der Waals surface area contributed by atoms with Crippen molar-refractivity contribution in [3.8, 4) is 5.75 Å². The molecule has 1 aromatic rings. The Labute approximate surface area is 123 Å². The van der Waals surface area contributed by atoms with Gasteiger partial charge in [-0.15, -0.1) is 0 Å². The molecule has 116 valence electrons. The van der Waals surface area contributed by atoms with Gasteiger partial charge in [0.05, 0.1) is 19.8 Å². The number of hydrogen-bond acceptors (Lipinski definition) is 4. The zero-order chi connectivity index (χ0) is 15.1. The van der Waals surface area contributed by atoms with Crippen LogP contribution in [0.3, 0.4) is 0 Å². The van der Waals surface area contributed by atoms with Gasteiger partial charge in [0, 0.05) is 12.1 Å². The maximum Gasteiger partial charge on any atom is 0.251 e. The average Bonchev–Trinajstić information content (AvgIpc) is 2.52. The summed E-state index contributed by atoms with van der Waals surface area (Å²) in [6.07, 6.45) is 2.26. The summed E-state index contributed by atoms with van der Waals surface area (Å²) >= 11 is 0. The molecule has 2 N–H and O–H groups in total. The molecule has 6 heteroatoms. The Kier molecular flexibility index (Phi) is 5.95. The Morgan fingerprint density at radius 3 is 2.86 bits per heavy atom. The van der Waals surface area contributed by atoms with Gasteiger partial charge in [-0.25, -0.2) is 4.39 Å². The number of carbonyl (C=O) groups is 1. The Morgan fingerprint density at radius 2 is 2.19 bits per heavy atom. The molecular formula is C15H21FN2O3. The van der Waals surface area contributed by atoms with Crippen molar-refractivity contribution in [1.82, 2.24) is 10.6 Å². The first-order valence-corrected chi connectivity index (χ1v) is 7.15. The van der Waals surface area contributed by atoms with Gasteiger partial charge in [-0.3, -0.25) is 4.79 Å². The van der Waals surface area contributed by atoms with Crippen LogP contribution >= 0.6 is 0 Å². The molecule has 0 radical (unpaired) electrons. The summed E-state index contributed by atoms with van der Waals surface area (Å²) in [4.78, 5) is 11.9. The predicted octanol–water partition coefficient (Wildman–Crippen LogP) is 1.33. The van der Waals surface area contributed by atoms with E-state index in [1.807, 2.05) is 0 Å². The third kappa shape index (κ3) is 4.68.